The Morgan fingerprint density at radius 3 is 2.71 bits per heavy atom. The molecule has 14 heavy (non-hydrogen) atoms. The van der Waals surface area contributed by atoms with Crippen LogP contribution < -0.4 is 5.32 Å². The maximum Gasteiger partial charge on any atom is 0.147 e. The van der Waals surface area contributed by atoms with Crippen molar-refractivity contribution in [1.29, 1.82) is 0 Å². The van der Waals surface area contributed by atoms with Gasteiger partial charge < -0.3 is 5.32 Å². The zero-order chi connectivity index (χ0) is 10.1. The Kier molecular flexibility index (Phi) is 2.77. The molecule has 76 valence electrons. The third-order valence-electron chi connectivity index (χ3n) is 2.71. The van der Waals surface area contributed by atoms with Crippen molar-refractivity contribution in [2.75, 3.05) is 5.32 Å². The van der Waals surface area contributed by atoms with Crippen molar-refractivity contribution in [3.8, 4) is 0 Å². The number of halogens is 2. The summed E-state index contributed by atoms with van der Waals surface area (Å²) in [4.78, 5) is 0. The van der Waals surface area contributed by atoms with Crippen LogP contribution in [-0.2, 0) is 0 Å². The Hall–Kier alpha value is -0.570. The van der Waals surface area contributed by atoms with Crippen LogP contribution in [0.25, 0.3) is 0 Å². The maximum atomic E-state index is 13.5. The van der Waals surface area contributed by atoms with Gasteiger partial charge in [-0.15, -0.1) is 0 Å². The van der Waals surface area contributed by atoms with Crippen LogP contribution >= 0.6 is 15.9 Å². The van der Waals surface area contributed by atoms with Crippen molar-refractivity contribution < 1.29 is 4.39 Å². The fraction of sp³-hybridized carbons (Fsp3) is 0.455. The molecule has 0 unspecified atom stereocenters. The molecule has 0 radical (unpaired) electrons. The first-order chi connectivity index (χ1) is 6.66. The van der Waals surface area contributed by atoms with Gasteiger partial charge in [-0.1, -0.05) is 15.9 Å². The van der Waals surface area contributed by atoms with E-state index in [1.54, 1.807) is 0 Å². The summed E-state index contributed by atoms with van der Waals surface area (Å²) in [7, 11) is 0. The van der Waals surface area contributed by atoms with Crippen molar-refractivity contribution in [3.63, 3.8) is 0 Å². The van der Waals surface area contributed by atoms with E-state index in [0.717, 1.165) is 22.9 Å². The Morgan fingerprint density at radius 2 is 2.14 bits per heavy atom. The minimum Gasteiger partial charge on any atom is -0.380 e. The number of benzene rings is 1. The average Bonchev–Trinajstić information content (AvgIpc) is 2.06. The summed E-state index contributed by atoms with van der Waals surface area (Å²) in [5.74, 6) is -0.172. The molecule has 2 rings (SSSR count). The van der Waals surface area contributed by atoms with Crippen molar-refractivity contribution >= 4 is 21.6 Å². The average molecular weight is 258 g/mol. The van der Waals surface area contributed by atoms with E-state index < -0.39 is 0 Å². The van der Waals surface area contributed by atoms with Crippen molar-refractivity contribution in [1.82, 2.24) is 0 Å². The molecule has 1 saturated carbocycles. The molecule has 1 nitrogen and oxygen atoms in total. The van der Waals surface area contributed by atoms with Gasteiger partial charge >= 0.3 is 0 Å². The molecule has 0 aromatic heterocycles. The van der Waals surface area contributed by atoms with Gasteiger partial charge in [-0.05, 0) is 43.9 Å². The first-order valence-corrected chi connectivity index (χ1v) is 5.68. The molecule has 0 spiro atoms. The van der Waals surface area contributed by atoms with Crippen molar-refractivity contribution in [3.05, 3.63) is 28.0 Å². The first kappa shape index (κ1) is 9.97. The summed E-state index contributed by atoms with van der Waals surface area (Å²) >= 11 is 3.31. The fourth-order valence-electron chi connectivity index (χ4n) is 1.54. The SMILES string of the molecule is Cc1cc(NC2CCC2)c(F)cc1Br. The summed E-state index contributed by atoms with van der Waals surface area (Å²) in [6.45, 7) is 1.97. The lowest BCUT2D eigenvalue weighted by atomic mass is 9.93. The van der Waals surface area contributed by atoms with Gasteiger partial charge in [0.15, 0.2) is 0 Å². The highest BCUT2D eigenvalue weighted by atomic mass is 79.9. The lowest BCUT2D eigenvalue weighted by Crippen LogP contribution is -2.27. The Balaban J connectivity index is 2.19. The molecule has 0 saturated heterocycles. The minimum atomic E-state index is -0.172. The van der Waals surface area contributed by atoms with Gasteiger partial charge in [-0.3, -0.25) is 0 Å². The summed E-state index contributed by atoms with van der Waals surface area (Å²) < 4.78 is 14.3. The van der Waals surface area contributed by atoms with Crippen LogP contribution in [0, 0.1) is 12.7 Å². The van der Waals surface area contributed by atoms with Crippen LogP contribution in [0.2, 0.25) is 0 Å². The highest BCUT2D eigenvalue weighted by Gasteiger charge is 2.18. The second-order valence-corrected chi connectivity index (χ2v) is 4.71. The molecule has 1 N–H and O–H groups in total. The number of hydrogen-bond acceptors (Lipinski definition) is 1. The molecule has 0 aliphatic heterocycles. The second-order valence-electron chi connectivity index (χ2n) is 3.85. The standard InChI is InChI=1S/C11H13BrFN/c1-7-5-11(10(13)6-9(7)12)14-8-3-2-4-8/h5-6,8,14H,2-4H2,1H3. The maximum absolute atomic E-state index is 13.5. The quantitative estimate of drug-likeness (QED) is 0.849. The van der Waals surface area contributed by atoms with Crippen molar-refractivity contribution in [2.45, 2.75) is 32.2 Å². The lowest BCUT2D eigenvalue weighted by molar-refractivity contribution is 0.443. The Morgan fingerprint density at radius 1 is 1.43 bits per heavy atom. The van der Waals surface area contributed by atoms with E-state index in [0.29, 0.717) is 11.7 Å². The Bertz CT molecular complexity index is 347. The lowest BCUT2D eigenvalue weighted by Gasteiger charge is -2.27. The molecule has 0 heterocycles. The van der Waals surface area contributed by atoms with Gasteiger partial charge in [0.25, 0.3) is 0 Å². The largest absolute Gasteiger partial charge is 0.380 e. The van der Waals surface area contributed by atoms with Crippen LogP contribution in [0.1, 0.15) is 24.8 Å². The number of hydrogen-bond donors (Lipinski definition) is 1. The molecule has 1 aliphatic carbocycles. The normalized spacial score (nSPS) is 16.5. The molecule has 1 aromatic carbocycles. The molecule has 3 heteroatoms. The highest BCUT2D eigenvalue weighted by molar-refractivity contribution is 9.10. The van der Waals surface area contributed by atoms with E-state index in [1.807, 2.05) is 13.0 Å². The van der Waals surface area contributed by atoms with Gasteiger partial charge in [0.05, 0.1) is 5.69 Å². The van der Waals surface area contributed by atoms with Gasteiger partial charge in [0.2, 0.25) is 0 Å². The highest BCUT2D eigenvalue weighted by Crippen LogP contribution is 2.28. The van der Waals surface area contributed by atoms with Crippen molar-refractivity contribution in [2.24, 2.45) is 0 Å². The van der Waals surface area contributed by atoms with Crippen LogP contribution in [0.5, 0.6) is 0 Å². The molecule has 0 bridgehead atoms. The molecule has 1 aliphatic rings. The fourth-order valence-corrected chi connectivity index (χ4v) is 1.86. The Labute approximate surface area is 91.8 Å². The summed E-state index contributed by atoms with van der Waals surface area (Å²) in [6, 6.07) is 3.86. The summed E-state index contributed by atoms with van der Waals surface area (Å²) in [6.07, 6.45) is 3.58. The monoisotopic (exact) mass is 257 g/mol. The summed E-state index contributed by atoms with van der Waals surface area (Å²) in [5.41, 5.74) is 1.70. The third kappa shape index (κ3) is 1.92. The predicted octanol–water partition coefficient (Wildman–Crippen LogP) is 3.86. The van der Waals surface area contributed by atoms with Crippen LogP contribution in [0.4, 0.5) is 10.1 Å². The molecular formula is C11H13BrFN. The van der Waals surface area contributed by atoms with E-state index in [9.17, 15) is 4.39 Å². The van der Waals surface area contributed by atoms with E-state index in [-0.39, 0.29) is 5.82 Å². The first-order valence-electron chi connectivity index (χ1n) is 4.89. The molecule has 1 aromatic rings. The predicted molar refractivity (Wildman–Crippen MR) is 60.1 cm³/mol. The van der Waals surface area contributed by atoms with Crippen LogP contribution in [0.15, 0.2) is 16.6 Å². The van der Waals surface area contributed by atoms with Gasteiger partial charge in [0, 0.05) is 10.5 Å². The topological polar surface area (TPSA) is 12.0 Å². The number of anilines is 1. The van der Waals surface area contributed by atoms with Gasteiger partial charge in [-0.2, -0.15) is 0 Å². The third-order valence-corrected chi connectivity index (χ3v) is 3.57. The second kappa shape index (κ2) is 3.89. The summed E-state index contributed by atoms with van der Waals surface area (Å²) in [5, 5.41) is 3.22. The molecular weight excluding hydrogens is 245 g/mol. The van der Waals surface area contributed by atoms with E-state index in [4.69, 9.17) is 0 Å². The molecule has 0 amide bonds. The number of aryl methyl sites for hydroxylation is 1. The van der Waals surface area contributed by atoms with E-state index in [1.165, 1.54) is 12.5 Å². The van der Waals surface area contributed by atoms with Crippen LogP contribution in [-0.4, -0.2) is 6.04 Å². The zero-order valence-corrected chi connectivity index (χ0v) is 9.70. The smallest absolute Gasteiger partial charge is 0.147 e. The zero-order valence-electron chi connectivity index (χ0n) is 8.11. The molecule has 0 atom stereocenters. The van der Waals surface area contributed by atoms with Gasteiger partial charge in [-0.25, -0.2) is 4.39 Å². The van der Waals surface area contributed by atoms with Gasteiger partial charge in [0.1, 0.15) is 5.82 Å². The van der Waals surface area contributed by atoms with E-state index in [2.05, 4.69) is 21.2 Å². The minimum absolute atomic E-state index is 0.172. The molecule has 1 fully saturated rings. The number of rotatable bonds is 2. The van der Waals surface area contributed by atoms with Crippen LogP contribution in [0.3, 0.4) is 0 Å². The van der Waals surface area contributed by atoms with E-state index >= 15 is 0 Å². The number of nitrogens with one attached hydrogen (secondary N) is 1.